The maximum Gasteiger partial charge on any atom is 0.0482 e. The molecule has 0 amide bonds. The molecule has 0 heterocycles. The second kappa shape index (κ2) is 3.94. The van der Waals surface area contributed by atoms with Crippen LogP contribution in [-0.4, -0.2) is 7.05 Å². The van der Waals surface area contributed by atoms with Crippen molar-refractivity contribution in [3.05, 3.63) is 28.2 Å². The minimum absolute atomic E-state index is 0.590. The standard InChI is InChI=1S/C10H14BrN/c1-7(2)8-4-5-10(12-3)9(11)6-8/h4-7,12H,1-3H3. The highest BCUT2D eigenvalue weighted by Crippen LogP contribution is 2.26. The molecule has 66 valence electrons. The summed E-state index contributed by atoms with van der Waals surface area (Å²) in [6, 6.07) is 6.41. The average Bonchev–Trinajstić information content (AvgIpc) is 2.04. The third-order valence-corrected chi connectivity index (χ3v) is 2.59. The number of nitrogens with one attached hydrogen (secondary N) is 1. The molecule has 12 heavy (non-hydrogen) atoms. The van der Waals surface area contributed by atoms with Crippen LogP contribution in [0.25, 0.3) is 0 Å². The first-order chi connectivity index (χ1) is 5.65. The zero-order valence-electron chi connectivity index (χ0n) is 7.69. The van der Waals surface area contributed by atoms with E-state index in [0.717, 1.165) is 10.2 Å². The molecule has 0 aliphatic rings. The Bertz CT molecular complexity index is 269. The zero-order chi connectivity index (χ0) is 9.14. The summed E-state index contributed by atoms with van der Waals surface area (Å²) in [5, 5.41) is 3.11. The summed E-state index contributed by atoms with van der Waals surface area (Å²) < 4.78 is 1.14. The molecule has 1 aromatic rings. The number of benzene rings is 1. The van der Waals surface area contributed by atoms with E-state index < -0.39 is 0 Å². The van der Waals surface area contributed by atoms with E-state index in [1.165, 1.54) is 5.56 Å². The van der Waals surface area contributed by atoms with Gasteiger partial charge in [0, 0.05) is 17.2 Å². The molecule has 0 aliphatic heterocycles. The van der Waals surface area contributed by atoms with Crippen LogP contribution < -0.4 is 5.32 Å². The first-order valence-corrected chi connectivity index (χ1v) is 4.91. The lowest BCUT2D eigenvalue weighted by Gasteiger charge is -2.08. The van der Waals surface area contributed by atoms with Gasteiger partial charge in [0.15, 0.2) is 0 Å². The first-order valence-electron chi connectivity index (χ1n) is 4.12. The molecule has 0 aliphatic carbocycles. The second-order valence-electron chi connectivity index (χ2n) is 3.14. The van der Waals surface area contributed by atoms with Crippen LogP contribution in [0.3, 0.4) is 0 Å². The van der Waals surface area contributed by atoms with E-state index in [1.807, 2.05) is 7.05 Å². The maximum atomic E-state index is 3.51. The highest BCUT2D eigenvalue weighted by atomic mass is 79.9. The zero-order valence-corrected chi connectivity index (χ0v) is 9.27. The lowest BCUT2D eigenvalue weighted by atomic mass is 10.0. The Labute approximate surface area is 82.3 Å². The predicted molar refractivity (Wildman–Crippen MR) is 57.8 cm³/mol. The largest absolute Gasteiger partial charge is 0.387 e. The lowest BCUT2D eigenvalue weighted by molar-refractivity contribution is 0.866. The first kappa shape index (κ1) is 9.59. The third kappa shape index (κ3) is 2.01. The van der Waals surface area contributed by atoms with Crippen molar-refractivity contribution in [2.24, 2.45) is 0 Å². The minimum atomic E-state index is 0.590. The van der Waals surface area contributed by atoms with E-state index in [4.69, 9.17) is 0 Å². The van der Waals surface area contributed by atoms with E-state index in [2.05, 4.69) is 53.3 Å². The number of rotatable bonds is 2. The number of halogens is 1. The smallest absolute Gasteiger partial charge is 0.0482 e. The van der Waals surface area contributed by atoms with Crippen LogP contribution in [0.1, 0.15) is 25.3 Å². The van der Waals surface area contributed by atoms with Crippen molar-refractivity contribution in [1.82, 2.24) is 0 Å². The quantitative estimate of drug-likeness (QED) is 0.815. The van der Waals surface area contributed by atoms with Crippen molar-refractivity contribution >= 4 is 21.6 Å². The molecule has 0 aromatic heterocycles. The monoisotopic (exact) mass is 227 g/mol. The molecule has 0 fully saturated rings. The predicted octanol–water partition coefficient (Wildman–Crippen LogP) is 3.61. The SMILES string of the molecule is CNc1ccc(C(C)C)cc1Br. The number of hydrogen-bond donors (Lipinski definition) is 1. The van der Waals surface area contributed by atoms with Crippen molar-refractivity contribution in [3.8, 4) is 0 Å². The van der Waals surface area contributed by atoms with E-state index in [-0.39, 0.29) is 0 Å². The van der Waals surface area contributed by atoms with Gasteiger partial charge in [0.2, 0.25) is 0 Å². The van der Waals surface area contributed by atoms with Crippen molar-refractivity contribution < 1.29 is 0 Å². The molecule has 1 nitrogen and oxygen atoms in total. The average molecular weight is 228 g/mol. The molecule has 0 unspecified atom stereocenters. The molecule has 0 saturated carbocycles. The Hall–Kier alpha value is -0.500. The summed E-state index contributed by atoms with van der Waals surface area (Å²) in [7, 11) is 1.93. The molecule has 0 saturated heterocycles. The molecule has 2 heteroatoms. The maximum absolute atomic E-state index is 3.51. The summed E-state index contributed by atoms with van der Waals surface area (Å²) in [6.45, 7) is 4.39. The number of anilines is 1. The Morgan fingerprint density at radius 1 is 1.33 bits per heavy atom. The van der Waals surface area contributed by atoms with Gasteiger partial charge in [-0.3, -0.25) is 0 Å². The van der Waals surface area contributed by atoms with E-state index in [0.29, 0.717) is 5.92 Å². The van der Waals surface area contributed by atoms with Crippen molar-refractivity contribution in [2.75, 3.05) is 12.4 Å². The van der Waals surface area contributed by atoms with E-state index >= 15 is 0 Å². The lowest BCUT2D eigenvalue weighted by Crippen LogP contribution is -1.92. The van der Waals surface area contributed by atoms with Gasteiger partial charge in [0.1, 0.15) is 0 Å². The molecule has 0 spiro atoms. The van der Waals surface area contributed by atoms with E-state index in [9.17, 15) is 0 Å². The van der Waals surface area contributed by atoms with Gasteiger partial charge in [-0.05, 0) is 39.5 Å². The Morgan fingerprint density at radius 3 is 2.42 bits per heavy atom. The summed E-state index contributed by atoms with van der Waals surface area (Å²) >= 11 is 3.51. The fourth-order valence-electron chi connectivity index (χ4n) is 1.09. The molecule has 0 radical (unpaired) electrons. The van der Waals surface area contributed by atoms with Gasteiger partial charge in [0.25, 0.3) is 0 Å². The fraction of sp³-hybridized carbons (Fsp3) is 0.400. The van der Waals surface area contributed by atoms with Crippen LogP contribution in [0.2, 0.25) is 0 Å². The number of hydrogen-bond acceptors (Lipinski definition) is 1. The summed E-state index contributed by atoms with van der Waals surface area (Å²) in [5.41, 5.74) is 2.50. The van der Waals surface area contributed by atoms with Crippen molar-refractivity contribution in [3.63, 3.8) is 0 Å². The molecular weight excluding hydrogens is 214 g/mol. The molecule has 1 aromatic carbocycles. The highest BCUT2D eigenvalue weighted by Gasteiger charge is 2.02. The molecular formula is C10H14BrN. The molecule has 1 N–H and O–H groups in total. The van der Waals surface area contributed by atoms with Crippen LogP contribution in [0.15, 0.2) is 22.7 Å². The highest BCUT2D eigenvalue weighted by molar-refractivity contribution is 9.10. The summed E-state index contributed by atoms with van der Waals surface area (Å²) in [4.78, 5) is 0. The van der Waals surface area contributed by atoms with Crippen LogP contribution in [-0.2, 0) is 0 Å². The molecule has 0 atom stereocenters. The molecule has 0 bridgehead atoms. The van der Waals surface area contributed by atoms with Crippen molar-refractivity contribution in [1.29, 1.82) is 0 Å². The van der Waals surface area contributed by atoms with Gasteiger partial charge in [0.05, 0.1) is 0 Å². The van der Waals surface area contributed by atoms with Gasteiger partial charge in [-0.25, -0.2) is 0 Å². The van der Waals surface area contributed by atoms with Gasteiger partial charge >= 0.3 is 0 Å². The summed E-state index contributed by atoms with van der Waals surface area (Å²) in [6.07, 6.45) is 0. The molecule has 1 rings (SSSR count). The van der Waals surface area contributed by atoms with Gasteiger partial charge in [-0.2, -0.15) is 0 Å². The van der Waals surface area contributed by atoms with Gasteiger partial charge in [-0.1, -0.05) is 19.9 Å². The second-order valence-corrected chi connectivity index (χ2v) is 4.00. The van der Waals surface area contributed by atoms with Gasteiger partial charge in [-0.15, -0.1) is 0 Å². The topological polar surface area (TPSA) is 12.0 Å². The van der Waals surface area contributed by atoms with E-state index in [1.54, 1.807) is 0 Å². The minimum Gasteiger partial charge on any atom is -0.387 e. The van der Waals surface area contributed by atoms with Crippen LogP contribution >= 0.6 is 15.9 Å². The van der Waals surface area contributed by atoms with Crippen LogP contribution in [0, 0.1) is 0 Å². The third-order valence-electron chi connectivity index (χ3n) is 1.93. The summed E-state index contributed by atoms with van der Waals surface area (Å²) in [5.74, 6) is 0.590. The van der Waals surface area contributed by atoms with Crippen LogP contribution in [0.5, 0.6) is 0 Å². The fourth-order valence-corrected chi connectivity index (χ4v) is 1.69. The Balaban J connectivity index is 3.02. The Kier molecular flexibility index (Phi) is 3.15. The van der Waals surface area contributed by atoms with Crippen LogP contribution in [0.4, 0.5) is 5.69 Å². The Morgan fingerprint density at radius 2 is 2.00 bits per heavy atom. The van der Waals surface area contributed by atoms with Crippen molar-refractivity contribution in [2.45, 2.75) is 19.8 Å². The normalized spacial score (nSPS) is 10.4. The van der Waals surface area contributed by atoms with Gasteiger partial charge < -0.3 is 5.32 Å².